The van der Waals surface area contributed by atoms with Gasteiger partial charge in [-0.05, 0) is 202 Å². The number of amides is 11. The first-order chi connectivity index (χ1) is 62.1. The number of hydrogen-bond acceptors (Lipinski definition) is 21. The number of nitrogens with one attached hydrogen (secondary N) is 13. The number of fused-ring (bicyclic) bond motifs is 5. The van der Waals surface area contributed by atoms with E-state index >= 15 is 24.0 Å². The Morgan fingerprint density at radius 3 is 1.50 bits per heavy atom. The lowest BCUT2D eigenvalue weighted by atomic mass is 9.75. The molecule has 8 aromatic rings. The van der Waals surface area contributed by atoms with E-state index in [2.05, 4.69) is 166 Å². The number of hydrogen-bond donors (Lipinski definition) is 20. The summed E-state index contributed by atoms with van der Waals surface area (Å²) in [4.78, 5) is 174. The van der Waals surface area contributed by atoms with E-state index in [9.17, 15) is 44.1 Å². The van der Waals surface area contributed by atoms with Crippen LogP contribution in [0.3, 0.4) is 0 Å². The van der Waals surface area contributed by atoms with Gasteiger partial charge in [0.15, 0.2) is 0 Å². The molecule has 17 atom stereocenters. The molecule has 12 rings (SSSR count). The highest BCUT2D eigenvalue weighted by Gasteiger charge is 2.45. The third-order valence-electron chi connectivity index (χ3n) is 25.0. The van der Waals surface area contributed by atoms with Crippen molar-refractivity contribution in [2.75, 3.05) is 62.3 Å². The number of aliphatic hydroxyl groups is 2. The molecule has 0 unspecified atom stereocenters. The molecule has 4 aliphatic rings. The maximum atomic E-state index is 15.4. The molecule has 5 heterocycles. The summed E-state index contributed by atoms with van der Waals surface area (Å²) in [5.74, 6) is -8.64. The van der Waals surface area contributed by atoms with E-state index in [-0.39, 0.29) is 102 Å². The molecule has 31 nitrogen and oxygen atoms in total. The van der Waals surface area contributed by atoms with Crippen molar-refractivity contribution in [3.05, 3.63) is 170 Å². The van der Waals surface area contributed by atoms with Crippen LogP contribution < -0.4 is 64.6 Å². The van der Waals surface area contributed by atoms with E-state index in [1.54, 1.807) is 90.4 Å². The number of carbonyl (C=O) groups is 11. The third kappa shape index (κ3) is 25.7. The Morgan fingerprint density at radius 1 is 0.504 bits per heavy atom. The van der Waals surface area contributed by atoms with Crippen molar-refractivity contribution in [2.24, 2.45) is 11.5 Å². The average Bonchev–Trinajstić information content (AvgIpc) is 1.70. The summed E-state index contributed by atoms with van der Waals surface area (Å²) in [6.07, 6.45) is 9.55. The molecule has 2 aliphatic heterocycles. The minimum absolute atomic E-state index is 0.0432. The van der Waals surface area contributed by atoms with E-state index in [1.165, 1.54) is 52.9 Å². The van der Waals surface area contributed by atoms with E-state index < -0.39 is 120 Å². The van der Waals surface area contributed by atoms with Crippen molar-refractivity contribution in [1.29, 1.82) is 0 Å². The molecule has 0 bridgehead atoms. The van der Waals surface area contributed by atoms with Crippen molar-refractivity contribution >= 4 is 169 Å². The van der Waals surface area contributed by atoms with Gasteiger partial charge < -0.3 is 94.9 Å². The van der Waals surface area contributed by atoms with Gasteiger partial charge in [0.05, 0.1) is 27.3 Å². The number of primary amides is 1. The summed E-state index contributed by atoms with van der Waals surface area (Å²) in [7, 11) is 0. The van der Waals surface area contributed by atoms with Crippen LogP contribution >= 0.6 is 71.4 Å². The summed E-state index contributed by atoms with van der Waals surface area (Å²) in [5, 5.41) is 62.9. The number of benzene rings is 5. The monoisotopic (exact) mass is 1960 g/mol. The van der Waals surface area contributed by atoms with Crippen LogP contribution in [0.2, 0.25) is 0 Å². The third-order valence-corrected chi connectivity index (χ3v) is 29.1. The summed E-state index contributed by atoms with van der Waals surface area (Å²) in [6.45, 7) is 10.8. The van der Waals surface area contributed by atoms with Gasteiger partial charge in [-0.1, -0.05) is 92.7 Å². The molecule has 0 saturated carbocycles. The first-order valence-corrected chi connectivity index (χ1v) is 49.1. The van der Waals surface area contributed by atoms with Gasteiger partial charge >= 0.3 is 0 Å². The maximum Gasteiger partial charge on any atom is 0.245 e. The molecule has 0 radical (unpaired) electrons. The van der Waals surface area contributed by atoms with Crippen LogP contribution in [0.25, 0.3) is 32.7 Å². The molecule has 5 aromatic carbocycles. The number of thiol groups is 2. The molecule has 20 N–H and O–H groups in total. The van der Waals surface area contributed by atoms with Gasteiger partial charge in [0.2, 0.25) is 65.0 Å². The van der Waals surface area contributed by atoms with Crippen LogP contribution in [0, 0.1) is 3.57 Å². The second kappa shape index (κ2) is 47.1. The minimum atomic E-state index is -1.77. The SMILES string of the molecule is CCCN1C[C@@H](SCC(=O)NCCCC[C@H](NC(=O)CS[C@H]2C[C@@H]3c4cccc5[nH]cc(c45)C[C@H]3N(CCC)C2)C(=O)N[C@H](Cc2ccccc2)C(=O)N[C@@H](CS)C(=O)N[C@@H](Cc2ccc(O)c(I)c2)C(=O)N[C@H](Cc2c[nH]c3ccccc23)C(=O)N[C@@H](CCCCN)C(=O)N[C@H](C(=O)N[C@@H](CS)C(=O)N[C@H](C(N)=O)[C@@H](C)O)[C@@H](C)O)C[C@@H]2c3cccc4[nH]cc(c34)C[C@H]21. The van der Waals surface area contributed by atoms with Gasteiger partial charge in [-0.3, -0.25) is 62.5 Å². The van der Waals surface area contributed by atoms with Gasteiger partial charge in [-0.2, -0.15) is 25.3 Å². The number of para-hydroxylation sites is 1. The largest absolute Gasteiger partial charge is 0.507 e. The quantitative estimate of drug-likeness (QED) is 0.0132. The van der Waals surface area contributed by atoms with Gasteiger partial charge in [0.1, 0.15) is 60.1 Å². The second-order valence-electron chi connectivity index (χ2n) is 34.3. The molecular weight excluding hydrogens is 1830 g/mol. The predicted molar refractivity (Wildman–Crippen MR) is 517 cm³/mol. The fourth-order valence-electron chi connectivity index (χ4n) is 18.5. The number of piperidine rings is 2. The van der Waals surface area contributed by atoms with Crippen molar-refractivity contribution in [3.8, 4) is 5.75 Å². The Hall–Kier alpha value is -9.38. The van der Waals surface area contributed by atoms with E-state index in [0.717, 1.165) is 75.7 Å². The van der Waals surface area contributed by atoms with Crippen molar-refractivity contribution in [1.82, 2.24) is 77.9 Å². The Kier molecular flexibility index (Phi) is 36.0. The summed E-state index contributed by atoms with van der Waals surface area (Å²) in [6, 6.07) is 20.9. The lowest BCUT2D eigenvalue weighted by Crippen LogP contribution is -2.62. The smallest absolute Gasteiger partial charge is 0.245 e. The van der Waals surface area contributed by atoms with E-state index in [0.29, 0.717) is 75.0 Å². The molecule has 11 amide bonds. The summed E-state index contributed by atoms with van der Waals surface area (Å²) >= 11 is 13.9. The minimum Gasteiger partial charge on any atom is -0.507 e. The highest BCUT2D eigenvalue weighted by Crippen LogP contribution is 2.47. The Labute approximate surface area is 784 Å². The number of phenolic OH excluding ortho intramolecular Hbond substituents is 1. The number of aromatic nitrogens is 3. The van der Waals surface area contributed by atoms with Crippen LogP contribution in [-0.2, 0) is 84.8 Å². The number of unbranched alkanes of at least 4 members (excludes halogenated alkanes) is 2. The van der Waals surface area contributed by atoms with Gasteiger partial charge in [-0.25, -0.2) is 0 Å². The zero-order valence-electron chi connectivity index (χ0n) is 73.1. The van der Waals surface area contributed by atoms with Crippen LogP contribution in [0.4, 0.5) is 0 Å². The first kappa shape index (κ1) is 98.7. The normalized spacial score (nSPS) is 19.7. The standard InChI is InChI=1S/C93H122IN17O14S4/c1-5-32-110-45-58(40-63-61-21-16-26-67-81(61)56(43-99-67)38-76(63)110)128-49-79(115)97-31-15-13-25-69(101-80(116)50-129-59-41-64-62-22-17-27-68-82(62)57(44-100-68)39-77(64)111(46-59)33-6-2)86(118)103-71(35-53-18-8-7-9-19-53)89(121)106-74(47-126)91(123)104-72(36-54-28-29-78(114)65(94)34-54)88(120)105-73(37-55-42-98-66-23-11-10-20-60(55)66)90(122)102-70(24-12-14-30-95)87(119)109-84(52(4)113)93(125)107-75(48-127)92(124)108-83(51(3)112)85(96)117/h7-11,16-23,26-29,34,42-44,51-52,58-59,63-64,69-77,83-84,98-100,112-114,126-127H,5-6,12-15,24-25,30-33,35-41,45-50,95H2,1-4H3,(H2,96,117)(H,97,115)(H,101,116)(H,102,122)(H,103,118)(H,104,123)(H,105,120)(H,106,121)(H,107,125)(H,108,124)(H,109,119)/t51-,52-,58+,59+,63-,64-,69+,70+,71-,72+,73-,74+,75+,76-,77-,83+,84+/m1/s1. The molecule has 36 heteroatoms. The zero-order chi connectivity index (χ0) is 92.1. The molecule has 0 spiro atoms. The number of H-pyrrole nitrogens is 3. The molecule has 2 saturated heterocycles. The highest BCUT2D eigenvalue weighted by molar-refractivity contribution is 14.1. The number of phenols is 1. The van der Waals surface area contributed by atoms with Crippen LogP contribution in [0.1, 0.15) is 143 Å². The van der Waals surface area contributed by atoms with Crippen LogP contribution in [-0.4, -0.2) is 256 Å². The molecular formula is C93H122IN17O14S4. The molecule has 2 aliphatic carbocycles. The fourth-order valence-corrected chi connectivity index (χ4v) is 21.8. The number of aromatic amines is 3. The molecule has 129 heavy (non-hydrogen) atoms. The number of rotatable bonds is 47. The predicted octanol–water partition coefficient (Wildman–Crippen LogP) is 5.21. The number of nitrogens with zero attached hydrogens (tertiary/aromatic N) is 2. The van der Waals surface area contributed by atoms with Gasteiger partial charge in [0, 0.05) is 136 Å². The first-order valence-electron chi connectivity index (χ1n) is 44.7. The average molecular weight is 1960 g/mol. The second-order valence-corrected chi connectivity index (χ2v) is 38.8. The number of aliphatic hydroxyl groups excluding tert-OH is 2. The van der Waals surface area contributed by atoms with E-state index in [1.807, 2.05) is 28.7 Å². The lowest BCUT2D eigenvalue weighted by Gasteiger charge is -2.47. The van der Waals surface area contributed by atoms with Gasteiger partial charge in [0.25, 0.3) is 0 Å². The molecule has 694 valence electrons. The number of thioether (sulfide) groups is 2. The van der Waals surface area contributed by atoms with Crippen molar-refractivity contribution in [3.63, 3.8) is 0 Å². The Morgan fingerprint density at radius 2 is 0.961 bits per heavy atom. The summed E-state index contributed by atoms with van der Waals surface area (Å²) in [5.41, 5.74) is 21.2. The number of halogens is 1. The van der Waals surface area contributed by atoms with Crippen LogP contribution in [0.15, 0.2) is 128 Å². The zero-order valence-corrected chi connectivity index (χ0v) is 78.7. The fraction of sp³-hybridized carbons (Fsp3) is 0.495. The van der Waals surface area contributed by atoms with E-state index in [4.69, 9.17) is 11.5 Å². The highest BCUT2D eigenvalue weighted by atomic mass is 127. The molecule has 3 aromatic heterocycles. The van der Waals surface area contributed by atoms with Crippen molar-refractivity contribution < 1.29 is 68.1 Å². The Bertz CT molecular complexity index is 5250. The Balaban J connectivity index is 0.751. The summed E-state index contributed by atoms with van der Waals surface area (Å²) < 4.78 is 0.396. The number of carbonyl (C=O) groups excluding carboxylic acids is 11. The lowest BCUT2D eigenvalue weighted by molar-refractivity contribution is -0.137. The topological polar surface area (TPSA) is 475 Å². The van der Waals surface area contributed by atoms with Gasteiger partial charge in [-0.15, -0.1) is 23.5 Å². The number of aromatic hydroxyl groups is 1. The number of likely N-dealkylation sites (tertiary alicyclic amines) is 2. The van der Waals surface area contributed by atoms with Crippen molar-refractivity contribution in [2.45, 2.75) is 225 Å². The van der Waals surface area contributed by atoms with Crippen LogP contribution in [0.5, 0.6) is 5.75 Å². The molecule has 2 fully saturated rings. The number of nitrogens with two attached hydrogens (primary N) is 2. The maximum absolute atomic E-state index is 15.4.